The van der Waals surface area contributed by atoms with Gasteiger partial charge in [0.15, 0.2) is 0 Å². The third kappa shape index (κ3) is 1.65. The van der Waals surface area contributed by atoms with Gasteiger partial charge in [0.1, 0.15) is 0 Å². The Morgan fingerprint density at radius 3 is 2.90 bits per heavy atom. The standard InChI is InChI=1S/C8H10N2/c1-7-3-8(5-9-2)6-10-4-7/h3-6H,1-2H3. The van der Waals surface area contributed by atoms with Crippen LogP contribution in [0.25, 0.3) is 0 Å². The van der Waals surface area contributed by atoms with E-state index in [0.717, 1.165) is 11.1 Å². The SMILES string of the molecule is CN=Cc1cncc(C)c1. The van der Waals surface area contributed by atoms with Crippen LogP contribution in [-0.2, 0) is 0 Å². The zero-order chi connectivity index (χ0) is 7.40. The summed E-state index contributed by atoms with van der Waals surface area (Å²) in [5.41, 5.74) is 2.22. The molecule has 1 heterocycles. The summed E-state index contributed by atoms with van der Waals surface area (Å²) in [7, 11) is 1.75. The van der Waals surface area contributed by atoms with Gasteiger partial charge in [-0.15, -0.1) is 0 Å². The predicted molar refractivity (Wildman–Crippen MR) is 42.5 cm³/mol. The summed E-state index contributed by atoms with van der Waals surface area (Å²) < 4.78 is 0. The lowest BCUT2D eigenvalue weighted by atomic mass is 10.2. The molecule has 1 aromatic heterocycles. The molecule has 0 saturated carbocycles. The van der Waals surface area contributed by atoms with E-state index in [4.69, 9.17) is 0 Å². The van der Waals surface area contributed by atoms with E-state index in [1.807, 2.05) is 19.2 Å². The monoisotopic (exact) mass is 134 g/mol. The molecule has 0 aliphatic rings. The Morgan fingerprint density at radius 2 is 2.30 bits per heavy atom. The molecule has 0 N–H and O–H groups in total. The fourth-order valence-corrected chi connectivity index (χ4v) is 0.798. The maximum atomic E-state index is 4.01. The minimum absolute atomic E-state index is 1.06. The predicted octanol–water partition coefficient (Wildman–Crippen LogP) is 1.44. The van der Waals surface area contributed by atoms with E-state index >= 15 is 0 Å². The summed E-state index contributed by atoms with van der Waals surface area (Å²) in [4.78, 5) is 7.89. The summed E-state index contributed by atoms with van der Waals surface area (Å²) in [5.74, 6) is 0. The zero-order valence-electron chi connectivity index (χ0n) is 6.20. The van der Waals surface area contributed by atoms with Gasteiger partial charge in [-0.3, -0.25) is 9.98 Å². The molecule has 0 amide bonds. The van der Waals surface area contributed by atoms with Crippen LogP contribution < -0.4 is 0 Å². The third-order valence-corrected chi connectivity index (χ3v) is 1.17. The quantitative estimate of drug-likeness (QED) is 0.533. The minimum atomic E-state index is 1.06. The van der Waals surface area contributed by atoms with Gasteiger partial charge in [-0.2, -0.15) is 0 Å². The van der Waals surface area contributed by atoms with E-state index in [1.165, 1.54) is 0 Å². The first-order valence-electron chi connectivity index (χ1n) is 3.17. The highest BCUT2D eigenvalue weighted by Crippen LogP contribution is 1.96. The minimum Gasteiger partial charge on any atom is -0.296 e. The van der Waals surface area contributed by atoms with Crippen LogP contribution in [0.4, 0.5) is 0 Å². The number of nitrogens with zero attached hydrogens (tertiary/aromatic N) is 2. The molecule has 0 aliphatic carbocycles. The van der Waals surface area contributed by atoms with Crippen molar-refractivity contribution in [3.63, 3.8) is 0 Å². The van der Waals surface area contributed by atoms with Crippen molar-refractivity contribution in [3.05, 3.63) is 29.6 Å². The van der Waals surface area contributed by atoms with E-state index in [-0.39, 0.29) is 0 Å². The van der Waals surface area contributed by atoms with Crippen LogP contribution >= 0.6 is 0 Å². The zero-order valence-corrected chi connectivity index (χ0v) is 6.20. The summed E-state index contributed by atoms with van der Waals surface area (Å²) in [6.07, 6.45) is 5.41. The number of hydrogen-bond acceptors (Lipinski definition) is 2. The molecule has 10 heavy (non-hydrogen) atoms. The van der Waals surface area contributed by atoms with Gasteiger partial charge in [-0.1, -0.05) is 0 Å². The van der Waals surface area contributed by atoms with Crippen LogP contribution in [0.3, 0.4) is 0 Å². The lowest BCUT2D eigenvalue weighted by Gasteiger charge is -1.91. The van der Waals surface area contributed by atoms with E-state index in [2.05, 4.69) is 9.98 Å². The largest absolute Gasteiger partial charge is 0.296 e. The second-order valence-corrected chi connectivity index (χ2v) is 2.18. The average molecular weight is 134 g/mol. The van der Waals surface area contributed by atoms with Crippen molar-refractivity contribution in [1.29, 1.82) is 0 Å². The molecule has 1 rings (SSSR count). The van der Waals surface area contributed by atoms with E-state index in [9.17, 15) is 0 Å². The normalized spacial score (nSPS) is 10.6. The van der Waals surface area contributed by atoms with Crippen molar-refractivity contribution in [3.8, 4) is 0 Å². The third-order valence-electron chi connectivity index (χ3n) is 1.17. The van der Waals surface area contributed by atoms with Crippen molar-refractivity contribution in [2.75, 3.05) is 7.05 Å². The molecule has 52 valence electrons. The van der Waals surface area contributed by atoms with Crippen molar-refractivity contribution in [2.24, 2.45) is 4.99 Å². The van der Waals surface area contributed by atoms with Crippen LogP contribution in [0.2, 0.25) is 0 Å². The molecule has 0 fully saturated rings. The Kier molecular flexibility index (Phi) is 2.15. The lowest BCUT2D eigenvalue weighted by Crippen LogP contribution is -1.83. The van der Waals surface area contributed by atoms with E-state index < -0.39 is 0 Å². The van der Waals surface area contributed by atoms with E-state index in [1.54, 1.807) is 19.5 Å². The second kappa shape index (κ2) is 3.11. The van der Waals surface area contributed by atoms with Crippen molar-refractivity contribution in [1.82, 2.24) is 4.98 Å². The molecule has 0 aromatic carbocycles. The molecule has 0 saturated heterocycles. The number of hydrogen-bond donors (Lipinski definition) is 0. The van der Waals surface area contributed by atoms with Crippen LogP contribution in [0.5, 0.6) is 0 Å². The van der Waals surface area contributed by atoms with Crippen LogP contribution in [0.1, 0.15) is 11.1 Å². The Balaban J connectivity index is 2.95. The van der Waals surface area contributed by atoms with Gasteiger partial charge in [-0.05, 0) is 18.6 Å². The fourth-order valence-electron chi connectivity index (χ4n) is 0.798. The Bertz CT molecular complexity index is 241. The molecular weight excluding hydrogens is 124 g/mol. The highest BCUT2D eigenvalue weighted by molar-refractivity contribution is 5.79. The number of aryl methyl sites for hydroxylation is 1. The molecule has 0 atom stereocenters. The van der Waals surface area contributed by atoms with Gasteiger partial charge in [0.05, 0.1) is 0 Å². The van der Waals surface area contributed by atoms with Gasteiger partial charge in [0.2, 0.25) is 0 Å². The first-order chi connectivity index (χ1) is 4.83. The Morgan fingerprint density at radius 1 is 1.50 bits per heavy atom. The van der Waals surface area contributed by atoms with Gasteiger partial charge in [0, 0.05) is 31.2 Å². The van der Waals surface area contributed by atoms with Crippen LogP contribution in [-0.4, -0.2) is 18.2 Å². The second-order valence-electron chi connectivity index (χ2n) is 2.18. The first kappa shape index (κ1) is 6.93. The number of pyridine rings is 1. The van der Waals surface area contributed by atoms with Gasteiger partial charge in [-0.25, -0.2) is 0 Å². The average Bonchev–Trinajstić information content (AvgIpc) is 1.88. The first-order valence-corrected chi connectivity index (χ1v) is 3.17. The molecule has 0 radical (unpaired) electrons. The maximum Gasteiger partial charge on any atom is 0.0355 e. The highest BCUT2D eigenvalue weighted by atomic mass is 14.7. The molecule has 0 spiro atoms. The van der Waals surface area contributed by atoms with Gasteiger partial charge < -0.3 is 0 Å². The van der Waals surface area contributed by atoms with Gasteiger partial charge >= 0.3 is 0 Å². The number of aliphatic imine (C=N–C) groups is 1. The number of aromatic nitrogens is 1. The van der Waals surface area contributed by atoms with E-state index in [0.29, 0.717) is 0 Å². The molecule has 0 unspecified atom stereocenters. The summed E-state index contributed by atoms with van der Waals surface area (Å²) in [5, 5.41) is 0. The fraction of sp³-hybridized carbons (Fsp3) is 0.250. The Labute approximate surface area is 60.6 Å². The van der Waals surface area contributed by atoms with Crippen molar-refractivity contribution < 1.29 is 0 Å². The summed E-state index contributed by atoms with van der Waals surface area (Å²) >= 11 is 0. The summed E-state index contributed by atoms with van der Waals surface area (Å²) in [6, 6.07) is 2.04. The lowest BCUT2D eigenvalue weighted by molar-refractivity contribution is 1.26. The molecule has 2 heteroatoms. The number of rotatable bonds is 1. The molecule has 1 aromatic rings. The van der Waals surface area contributed by atoms with Crippen molar-refractivity contribution in [2.45, 2.75) is 6.92 Å². The maximum absolute atomic E-state index is 4.01. The molecule has 0 aliphatic heterocycles. The summed E-state index contributed by atoms with van der Waals surface area (Å²) in [6.45, 7) is 2.01. The van der Waals surface area contributed by atoms with Crippen LogP contribution in [0, 0.1) is 6.92 Å². The smallest absolute Gasteiger partial charge is 0.0355 e. The topological polar surface area (TPSA) is 25.2 Å². The molecule has 0 bridgehead atoms. The van der Waals surface area contributed by atoms with Crippen LogP contribution in [0.15, 0.2) is 23.5 Å². The van der Waals surface area contributed by atoms with Crippen molar-refractivity contribution >= 4 is 6.21 Å². The highest BCUT2D eigenvalue weighted by Gasteiger charge is 1.86. The van der Waals surface area contributed by atoms with Gasteiger partial charge in [0.25, 0.3) is 0 Å². The molecular formula is C8H10N2. The Hall–Kier alpha value is -1.18. The molecule has 2 nitrogen and oxygen atoms in total.